The normalized spacial score (nSPS) is 24.9. The minimum atomic E-state index is -3.77. The fraction of sp³-hybridized carbons (Fsp3) is 0.368. The van der Waals surface area contributed by atoms with Crippen LogP contribution in [0, 0.1) is 24.1 Å². The van der Waals surface area contributed by atoms with Crippen molar-refractivity contribution in [2.45, 2.75) is 24.7 Å². The van der Waals surface area contributed by atoms with Crippen LogP contribution >= 0.6 is 0 Å². The molecule has 6 nitrogen and oxygen atoms in total. The number of carbonyl (C=O) groups is 1. The first-order valence-corrected chi connectivity index (χ1v) is 10.2. The van der Waals surface area contributed by atoms with Gasteiger partial charge < -0.3 is 5.32 Å². The summed E-state index contributed by atoms with van der Waals surface area (Å²) in [4.78, 5) is 16.4. The van der Waals surface area contributed by atoms with E-state index in [2.05, 4.69) is 10.3 Å². The Morgan fingerprint density at radius 2 is 2.19 bits per heavy atom. The Kier molecular flexibility index (Phi) is 4.27. The number of aryl methyl sites for hydroxylation is 1. The number of sulfonamides is 1. The summed E-state index contributed by atoms with van der Waals surface area (Å²) in [5.74, 6) is -0.860. The van der Waals surface area contributed by atoms with E-state index in [1.54, 1.807) is 31.5 Å². The molecule has 2 fully saturated rings. The number of nitrogens with one attached hydrogen (secondary N) is 1. The van der Waals surface area contributed by atoms with Crippen molar-refractivity contribution < 1.29 is 17.6 Å². The molecule has 1 N–H and O–H groups in total. The molecule has 1 spiro atoms. The first-order chi connectivity index (χ1) is 12.8. The van der Waals surface area contributed by atoms with Crippen LogP contribution in [0.4, 0.5) is 10.1 Å². The van der Waals surface area contributed by atoms with Gasteiger partial charge in [-0.3, -0.25) is 9.78 Å². The van der Waals surface area contributed by atoms with Gasteiger partial charge >= 0.3 is 0 Å². The predicted molar refractivity (Wildman–Crippen MR) is 97.9 cm³/mol. The van der Waals surface area contributed by atoms with Gasteiger partial charge in [0, 0.05) is 25.2 Å². The Balaban J connectivity index is 1.46. The fourth-order valence-corrected chi connectivity index (χ4v) is 5.33. The smallest absolute Gasteiger partial charge is 0.243 e. The van der Waals surface area contributed by atoms with Gasteiger partial charge in [0.25, 0.3) is 0 Å². The highest BCUT2D eigenvalue weighted by Crippen LogP contribution is 2.59. The summed E-state index contributed by atoms with van der Waals surface area (Å²) < 4.78 is 40.8. The van der Waals surface area contributed by atoms with Crippen LogP contribution in [0.3, 0.4) is 0 Å². The van der Waals surface area contributed by atoms with E-state index in [0.29, 0.717) is 30.6 Å². The van der Waals surface area contributed by atoms with E-state index in [9.17, 15) is 17.6 Å². The van der Waals surface area contributed by atoms with Crippen molar-refractivity contribution in [3.8, 4) is 0 Å². The molecule has 1 saturated carbocycles. The second-order valence-electron chi connectivity index (χ2n) is 7.35. The first kappa shape index (κ1) is 18.1. The van der Waals surface area contributed by atoms with Crippen LogP contribution in [0.5, 0.6) is 0 Å². The molecule has 1 aliphatic carbocycles. The van der Waals surface area contributed by atoms with Crippen LogP contribution in [0.25, 0.3) is 0 Å². The third-order valence-electron chi connectivity index (χ3n) is 5.57. The number of carbonyl (C=O) groups excluding carboxylic acids is 1. The number of anilines is 1. The van der Waals surface area contributed by atoms with Gasteiger partial charge in [-0.25, -0.2) is 12.8 Å². The maximum absolute atomic E-state index is 13.8. The monoisotopic (exact) mass is 389 g/mol. The highest BCUT2D eigenvalue weighted by atomic mass is 32.2. The number of pyridine rings is 1. The molecule has 1 amide bonds. The molecule has 2 heterocycles. The molecular formula is C19H20FN3O3S. The van der Waals surface area contributed by atoms with Gasteiger partial charge in [0.05, 0.1) is 16.8 Å². The average Bonchev–Trinajstić information content (AvgIpc) is 3.17. The lowest BCUT2D eigenvalue weighted by Gasteiger charge is -2.17. The predicted octanol–water partition coefficient (Wildman–Crippen LogP) is 2.57. The summed E-state index contributed by atoms with van der Waals surface area (Å²) >= 11 is 0. The van der Waals surface area contributed by atoms with Gasteiger partial charge in [0.2, 0.25) is 15.9 Å². The Morgan fingerprint density at radius 3 is 2.89 bits per heavy atom. The lowest BCUT2D eigenvalue weighted by atomic mass is 10.0. The third kappa shape index (κ3) is 3.23. The van der Waals surface area contributed by atoms with Crippen molar-refractivity contribution in [2.24, 2.45) is 11.3 Å². The van der Waals surface area contributed by atoms with E-state index in [0.717, 1.165) is 6.07 Å². The van der Waals surface area contributed by atoms with Crippen molar-refractivity contribution in [2.75, 3.05) is 18.4 Å². The average molecular weight is 389 g/mol. The van der Waals surface area contributed by atoms with Gasteiger partial charge in [-0.2, -0.15) is 4.31 Å². The molecule has 1 aliphatic heterocycles. The van der Waals surface area contributed by atoms with E-state index in [1.807, 2.05) is 0 Å². The molecular weight excluding hydrogens is 369 g/mol. The van der Waals surface area contributed by atoms with E-state index < -0.39 is 15.8 Å². The van der Waals surface area contributed by atoms with Gasteiger partial charge in [0.15, 0.2) is 0 Å². The zero-order valence-corrected chi connectivity index (χ0v) is 15.7. The molecule has 1 aromatic heterocycles. The number of amides is 1. The minimum absolute atomic E-state index is 0.0420. The molecule has 8 heteroatoms. The molecule has 2 aromatic rings. The topological polar surface area (TPSA) is 79.4 Å². The molecule has 1 aromatic carbocycles. The van der Waals surface area contributed by atoms with Crippen LogP contribution in [0.1, 0.15) is 18.4 Å². The van der Waals surface area contributed by atoms with E-state index in [4.69, 9.17) is 0 Å². The maximum Gasteiger partial charge on any atom is 0.243 e. The zero-order chi connectivity index (χ0) is 19.2. The number of nitrogens with zero attached hydrogens (tertiary/aromatic N) is 2. The lowest BCUT2D eigenvalue weighted by molar-refractivity contribution is -0.118. The number of benzene rings is 1. The van der Waals surface area contributed by atoms with E-state index in [-0.39, 0.29) is 28.7 Å². The summed E-state index contributed by atoms with van der Waals surface area (Å²) in [6.45, 7) is 2.22. The van der Waals surface area contributed by atoms with E-state index >= 15 is 0 Å². The molecule has 2 aliphatic rings. The van der Waals surface area contributed by atoms with Gasteiger partial charge in [-0.15, -0.1) is 0 Å². The molecule has 142 valence electrons. The largest absolute Gasteiger partial charge is 0.324 e. The Bertz CT molecular complexity index is 997. The van der Waals surface area contributed by atoms with Crippen LogP contribution in [0.2, 0.25) is 0 Å². The molecule has 0 bridgehead atoms. The highest BCUT2D eigenvalue weighted by Gasteiger charge is 2.62. The number of hydrogen-bond donors (Lipinski definition) is 1. The first-order valence-electron chi connectivity index (χ1n) is 8.79. The molecule has 1 saturated heterocycles. The molecule has 0 radical (unpaired) electrons. The summed E-state index contributed by atoms with van der Waals surface area (Å²) in [5.41, 5.74) is 0.714. The lowest BCUT2D eigenvalue weighted by Crippen LogP contribution is -2.30. The van der Waals surface area contributed by atoms with Crippen molar-refractivity contribution in [1.82, 2.24) is 9.29 Å². The van der Waals surface area contributed by atoms with Crippen LogP contribution in [0.15, 0.2) is 47.6 Å². The highest BCUT2D eigenvalue weighted by molar-refractivity contribution is 7.89. The quantitative estimate of drug-likeness (QED) is 0.872. The number of rotatable bonds is 4. The Labute approximate surface area is 157 Å². The zero-order valence-electron chi connectivity index (χ0n) is 14.9. The van der Waals surface area contributed by atoms with Crippen molar-refractivity contribution in [3.05, 3.63) is 54.1 Å². The van der Waals surface area contributed by atoms with Gasteiger partial charge in [-0.05, 0) is 55.0 Å². The van der Waals surface area contributed by atoms with Crippen LogP contribution < -0.4 is 5.32 Å². The molecule has 2 unspecified atom stereocenters. The van der Waals surface area contributed by atoms with Gasteiger partial charge in [0.1, 0.15) is 5.82 Å². The second-order valence-corrected chi connectivity index (χ2v) is 9.29. The van der Waals surface area contributed by atoms with Crippen LogP contribution in [-0.2, 0) is 14.8 Å². The molecule has 4 rings (SSSR count). The summed E-state index contributed by atoms with van der Waals surface area (Å²) in [5, 5.41) is 2.83. The Hall–Kier alpha value is -2.32. The summed E-state index contributed by atoms with van der Waals surface area (Å²) in [7, 11) is -3.77. The summed E-state index contributed by atoms with van der Waals surface area (Å²) in [6, 6.07) is 7.46. The minimum Gasteiger partial charge on any atom is -0.324 e. The van der Waals surface area contributed by atoms with Crippen molar-refractivity contribution in [3.63, 3.8) is 0 Å². The Morgan fingerprint density at radius 1 is 1.37 bits per heavy atom. The van der Waals surface area contributed by atoms with E-state index in [1.165, 1.54) is 16.4 Å². The molecule has 27 heavy (non-hydrogen) atoms. The summed E-state index contributed by atoms with van der Waals surface area (Å²) in [6.07, 6.45) is 4.49. The maximum atomic E-state index is 13.8. The third-order valence-corrected chi connectivity index (χ3v) is 7.41. The standard InChI is InChI=1S/C19H20FN3O3S/c1-13-4-5-15(9-17(13)20)27(25,26)23-8-6-19(12-23)10-16(19)18(24)22-14-3-2-7-21-11-14/h2-5,7,9,11,16H,6,8,10,12H2,1H3,(H,22,24). The van der Waals surface area contributed by atoms with Crippen molar-refractivity contribution in [1.29, 1.82) is 0 Å². The number of aromatic nitrogens is 1. The fourth-order valence-electron chi connectivity index (χ4n) is 3.78. The number of hydrogen-bond acceptors (Lipinski definition) is 4. The molecule has 2 atom stereocenters. The van der Waals surface area contributed by atoms with Crippen molar-refractivity contribution >= 4 is 21.6 Å². The van der Waals surface area contributed by atoms with Crippen LogP contribution in [-0.4, -0.2) is 36.7 Å². The number of halogens is 1. The SMILES string of the molecule is Cc1ccc(S(=O)(=O)N2CCC3(CC3C(=O)Nc3cccnc3)C2)cc1F. The second kappa shape index (κ2) is 6.38. The van der Waals surface area contributed by atoms with Gasteiger partial charge in [-0.1, -0.05) is 6.07 Å².